The molecule has 2 amide bonds. The number of hydrogen-bond acceptors (Lipinski definition) is 4. The van der Waals surface area contributed by atoms with Gasteiger partial charge in [0.2, 0.25) is 0 Å². The first-order valence-corrected chi connectivity index (χ1v) is 19.6. The van der Waals surface area contributed by atoms with Gasteiger partial charge in [0.15, 0.2) is 0 Å². The van der Waals surface area contributed by atoms with Crippen LogP contribution in [0.5, 0.6) is 0 Å². The van der Waals surface area contributed by atoms with E-state index in [1.54, 1.807) is 26.0 Å². The highest BCUT2D eigenvalue weighted by atomic mass is 19.1. The van der Waals surface area contributed by atoms with E-state index in [1.807, 2.05) is 0 Å². The van der Waals surface area contributed by atoms with Crippen LogP contribution in [0.3, 0.4) is 0 Å². The fourth-order valence-electron chi connectivity index (χ4n) is 13.2. The van der Waals surface area contributed by atoms with E-state index in [-0.39, 0.29) is 51.6 Å². The summed E-state index contributed by atoms with van der Waals surface area (Å²) in [5.41, 5.74) is 0.783. The molecule has 0 aliphatic heterocycles. The average Bonchev–Trinajstić information content (AvgIpc) is 3.42. The van der Waals surface area contributed by atoms with Crippen molar-refractivity contribution in [2.24, 2.45) is 56.7 Å². The van der Waals surface area contributed by atoms with Gasteiger partial charge in [-0.25, -0.2) is 9.18 Å². The third kappa shape index (κ3) is 6.12. The molecule has 5 aliphatic carbocycles. The quantitative estimate of drug-likeness (QED) is 0.185. The van der Waals surface area contributed by atoms with Gasteiger partial charge in [-0.3, -0.25) is 9.59 Å². The van der Waals surface area contributed by atoms with Crippen molar-refractivity contribution in [1.29, 1.82) is 0 Å². The highest BCUT2D eigenvalue weighted by Crippen LogP contribution is 2.76. The largest absolute Gasteiger partial charge is 0.481 e. The minimum atomic E-state index is -1.16. The first-order chi connectivity index (χ1) is 23.7. The lowest BCUT2D eigenvalue weighted by atomic mass is 9.32. The number of amides is 2. The van der Waals surface area contributed by atoms with E-state index in [4.69, 9.17) is 4.74 Å². The number of fused-ring (bicyclic) bond motifs is 7. The summed E-state index contributed by atoms with van der Waals surface area (Å²) in [4.78, 5) is 38.4. The predicted octanol–water partition coefficient (Wildman–Crippen LogP) is 9.45. The summed E-state index contributed by atoms with van der Waals surface area (Å²) >= 11 is 0. The zero-order chi connectivity index (χ0) is 37.4. The van der Waals surface area contributed by atoms with Crippen molar-refractivity contribution < 1.29 is 28.6 Å². The molecule has 3 N–H and O–H groups in total. The first-order valence-electron chi connectivity index (χ1n) is 19.6. The van der Waals surface area contributed by atoms with Gasteiger partial charge in [-0.1, -0.05) is 58.9 Å². The van der Waals surface area contributed by atoms with Crippen molar-refractivity contribution in [2.75, 3.05) is 0 Å². The van der Waals surface area contributed by atoms with Crippen LogP contribution in [0.1, 0.15) is 132 Å². The average molecular weight is 707 g/mol. The van der Waals surface area contributed by atoms with Gasteiger partial charge >= 0.3 is 18.0 Å². The predicted molar refractivity (Wildman–Crippen MR) is 197 cm³/mol. The smallest absolute Gasteiger partial charge is 0.315 e. The van der Waals surface area contributed by atoms with Crippen LogP contribution < -0.4 is 10.6 Å². The van der Waals surface area contributed by atoms with Crippen LogP contribution in [0, 0.1) is 62.5 Å². The normalized spacial score (nSPS) is 39.7. The molecule has 0 spiro atoms. The number of carbonyl (C=O) groups is 3. The third-order valence-electron chi connectivity index (χ3n) is 16.2. The molecular formula is C43H63FN2O5. The fourth-order valence-corrected chi connectivity index (χ4v) is 13.2. The maximum atomic E-state index is 13.6. The molecule has 0 heterocycles. The Morgan fingerprint density at radius 1 is 0.902 bits per heavy atom. The van der Waals surface area contributed by atoms with Crippen molar-refractivity contribution in [3.8, 4) is 0 Å². The third-order valence-corrected chi connectivity index (χ3v) is 16.2. The summed E-state index contributed by atoms with van der Waals surface area (Å²) in [5.74, 6) is 0.418. The van der Waals surface area contributed by atoms with Crippen LogP contribution in [-0.2, 0) is 20.9 Å². The zero-order valence-electron chi connectivity index (χ0n) is 32.4. The summed E-state index contributed by atoms with van der Waals surface area (Å²) in [6.07, 6.45) is 9.98. The van der Waals surface area contributed by atoms with E-state index in [0.29, 0.717) is 36.1 Å². The molecule has 10 atom stereocenters. The van der Waals surface area contributed by atoms with Crippen LogP contribution in [0.4, 0.5) is 9.18 Å². The molecular weight excluding hydrogens is 643 g/mol. The Labute approximate surface area is 305 Å². The van der Waals surface area contributed by atoms with Crippen molar-refractivity contribution in [2.45, 2.75) is 144 Å². The van der Waals surface area contributed by atoms with Gasteiger partial charge in [0.05, 0.1) is 11.8 Å². The van der Waals surface area contributed by atoms with Gasteiger partial charge in [0.25, 0.3) is 0 Å². The number of hydrogen-bond donors (Lipinski definition) is 3. The van der Waals surface area contributed by atoms with Crippen LogP contribution in [-0.4, -0.2) is 34.7 Å². The number of ether oxygens (including phenoxy) is 1. The molecule has 0 radical (unpaired) electrons. The summed E-state index contributed by atoms with van der Waals surface area (Å²) in [6.45, 7) is 22.5. The SMILES string of the molecule is C=C(C)[C@@H]1CC[C@]2(NC(=O)NCc3ccc(F)cc3)CC[C@]3(C)[C@H](CC[C@@H]4[C@@]5(C)CC[C@H](OC(=O)CC(C)(C)C(=O)O)C(C)(C)[C@@H]5CC[C@]43C)[C@@H]12. The molecule has 8 heteroatoms. The molecule has 0 bridgehead atoms. The second kappa shape index (κ2) is 12.9. The summed E-state index contributed by atoms with van der Waals surface area (Å²) in [7, 11) is 0. The number of urea groups is 1. The van der Waals surface area contributed by atoms with Crippen molar-refractivity contribution in [3.05, 3.63) is 47.8 Å². The topological polar surface area (TPSA) is 105 Å². The number of esters is 1. The second-order valence-corrected chi connectivity index (χ2v) is 19.5. The molecule has 5 saturated carbocycles. The van der Waals surface area contributed by atoms with Gasteiger partial charge in [-0.15, -0.1) is 0 Å². The van der Waals surface area contributed by atoms with E-state index in [0.717, 1.165) is 69.8 Å². The summed E-state index contributed by atoms with van der Waals surface area (Å²) in [5, 5.41) is 16.2. The Bertz CT molecular complexity index is 1560. The van der Waals surface area contributed by atoms with Gasteiger partial charge in [0, 0.05) is 17.5 Å². The molecule has 0 aromatic heterocycles. The number of carboxylic acid groups (broad SMARTS) is 1. The van der Waals surface area contributed by atoms with Crippen molar-refractivity contribution in [1.82, 2.24) is 10.6 Å². The van der Waals surface area contributed by atoms with E-state index < -0.39 is 17.4 Å². The van der Waals surface area contributed by atoms with Gasteiger partial charge in [-0.2, -0.15) is 0 Å². The standard InChI is InChI=1S/C43H63FN2O5/c1-26(2)29-16-21-43(46-37(50)45-25-27-10-12-28(44)13-11-27)23-22-41(8)30(35(29)43)14-15-32-40(7)19-18-33(51-34(47)24-38(3,4)36(48)49)39(5,6)31(40)17-20-42(32,41)9/h10-13,29-33,35H,1,14-25H2,2-9H3,(H,48,49)(H2,45,46,50)/t29-,30+,31-,32+,33-,35+,40-,41+,42+,43-/m0/s1. The van der Waals surface area contributed by atoms with Crippen LogP contribution in [0.15, 0.2) is 36.4 Å². The Morgan fingerprint density at radius 2 is 1.59 bits per heavy atom. The molecule has 5 aliphatic rings. The lowest BCUT2D eigenvalue weighted by Gasteiger charge is -2.73. The fraction of sp³-hybridized carbons (Fsp3) is 0.744. The van der Waals surface area contributed by atoms with E-state index in [1.165, 1.54) is 17.7 Å². The number of carbonyl (C=O) groups excluding carboxylic acids is 2. The summed E-state index contributed by atoms with van der Waals surface area (Å²) in [6, 6.07) is 6.14. The van der Waals surface area contributed by atoms with Gasteiger partial charge in [-0.05, 0) is 149 Å². The van der Waals surface area contributed by atoms with Gasteiger partial charge in [0.1, 0.15) is 11.9 Å². The van der Waals surface area contributed by atoms with Crippen LogP contribution >= 0.6 is 0 Å². The Morgan fingerprint density at radius 3 is 2.24 bits per heavy atom. The molecule has 1 aromatic carbocycles. The maximum absolute atomic E-state index is 13.6. The van der Waals surface area contributed by atoms with Crippen LogP contribution in [0.25, 0.3) is 0 Å². The monoisotopic (exact) mass is 706 g/mol. The molecule has 1 aromatic rings. The number of aliphatic carboxylic acids is 1. The van der Waals surface area contributed by atoms with Crippen molar-refractivity contribution >= 4 is 18.0 Å². The Kier molecular flexibility index (Phi) is 9.57. The van der Waals surface area contributed by atoms with Crippen molar-refractivity contribution in [3.63, 3.8) is 0 Å². The molecule has 0 saturated heterocycles. The van der Waals surface area contributed by atoms with Gasteiger partial charge < -0.3 is 20.5 Å². The number of carboxylic acids is 1. The number of rotatable bonds is 8. The molecule has 6 rings (SSSR count). The van der Waals surface area contributed by atoms with Crippen LogP contribution in [0.2, 0.25) is 0 Å². The molecule has 282 valence electrons. The first kappa shape index (κ1) is 37.8. The Balaban J connectivity index is 1.22. The van der Waals surface area contributed by atoms with E-state index >= 15 is 0 Å². The lowest BCUT2D eigenvalue weighted by molar-refractivity contribution is -0.246. The molecule has 51 heavy (non-hydrogen) atoms. The maximum Gasteiger partial charge on any atom is 0.315 e. The number of nitrogens with one attached hydrogen (secondary N) is 2. The highest BCUT2D eigenvalue weighted by molar-refractivity contribution is 5.81. The lowest BCUT2D eigenvalue weighted by Crippen LogP contribution is -2.69. The number of benzene rings is 1. The minimum absolute atomic E-state index is 0.101. The zero-order valence-corrected chi connectivity index (χ0v) is 32.4. The highest BCUT2D eigenvalue weighted by Gasteiger charge is 2.71. The van der Waals surface area contributed by atoms with E-state index in [9.17, 15) is 23.9 Å². The Hall–Kier alpha value is -2.90. The summed E-state index contributed by atoms with van der Waals surface area (Å²) < 4.78 is 19.6. The molecule has 5 fully saturated rings. The minimum Gasteiger partial charge on any atom is -0.481 e. The molecule has 0 unspecified atom stereocenters. The molecule has 7 nitrogen and oxygen atoms in total. The number of halogens is 1. The second-order valence-electron chi connectivity index (χ2n) is 19.5. The van der Waals surface area contributed by atoms with E-state index in [2.05, 4.69) is 58.8 Å². The number of allylic oxidation sites excluding steroid dienone is 1.